The van der Waals surface area contributed by atoms with Crippen LogP contribution in [0, 0.1) is 5.41 Å². The van der Waals surface area contributed by atoms with E-state index in [0.717, 1.165) is 12.8 Å². The minimum atomic E-state index is -0.794. The number of carboxylic acids is 1. The Kier molecular flexibility index (Phi) is 2.85. The molecule has 2 aliphatic heterocycles. The molecule has 4 nitrogen and oxygen atoms in total. The average molecular weight is 208 g/mol. The van der Waals surface area contributed by atoms with Gasteiger partial charge in [0.05, 0.1) is 12.2 Å². The quantitative estimate of drug-likeness (QED) is 0.687. The lowest BCUT2D eigenvalue weighted by Gasteiger charge is -2.28. The van der Waals surface area contributed by atoms with Gasteiger partial charge < -0.3 is 15.6 Å². The first kappa shape index (κ1) is 10.8. The highest BCUT2D eigenvalue weighted by molar-refractivity contribution is 5.85. The second-order valence-corrected chi connectivity index (χ2v) is 3.69. The molecule has 76 valence electrons. The van der Waals surface area contributed by atoms with E-state index in [1.807, 2.05) is 0 Å². The number of nitrogens with two attached hydrogens (primary N) is 1. The summed E-state index contributed by atoms with van der Waals surface area (Å²) in [5, 5.41) is 9.03. The Balaban J connectivity index is 0.000000845. The number of fused-ring (bicyclic) bond motifs is 2. The molecule has 3 atom stereocenters. The van der Waals surface area contributed by atoms with Gasteiger partial charge in [0.15, 0.2) is 0 Å². The molecule has 2 heterocycles. The van der Waals surface area contributed by atoms with Gasteiger partial charge in [-0.25, -0.2) is 0 Å². The predicted molar refractivity (Wildman–Crippen MR) is 48.9 cm³/mol. The van der Waals surface area contributed by atoms with Crippen molar-refractivity contribution in [3.05, 3.63) is 0 Å². The van der Waals surface area contributed by atoms with Crippen LogP contribution in [0.1, 0.15) is 19.3 Å². The summed E-state index contributed by atoms with van der Waals surface area (Å²) in [5.74, 6) is -0.794. The van der Waals surface area contributed by atoms with Gasteiger partial charge in [0, 0.05) is 6.54 Å². The van der Waals surface area contributed by atoms with E-state index in [9.17, 15) is 4.79 Å². The molecule has 13 heavy (non-hydrogen) atoms. The largest absolute Gasteiger partial charge is 0.481 e. The van der Waals surface area contributed by atoms with Crippen molar-refractivity contribution < 1.29 is 14.6 Å². The maximum Gasteiger partial charge on any atom is 0.313 e. The third-order valence-electron chi connectivity index (χ3n) is 3.11. The first-order valence-corrected chi connectivity index (χ1v) is 4.28. The highest BCUT2D eigenvalue weighted by Crippen LogP contribution is 2.47. The first-order valence-electron chi connectivity index (χ1n) is 4.28. The molecule has 2 aliphatic rings. The SMILES string of the molecule is Cl.NC[C@]1(C(=O)O)C[C@H]2CC[C@@H]1O2. The monoisotopic (exact) mass is 207 g/mol. The maximum atomic E-state index is 11.0. The Labute approximate surface area is 82.8 Å². The zero-order valence-corrected chi connectivity index (χ0v) is 8.05. The summed E-state index contributed by atoms with van der Waals surface area (Å²) in [5.41, 5.74) is 4.72. The number of ether oxygens (including phenoxy) is 1. The topological polar surface area (TPSA) is 72.6 Å². The van der Waals surface area contributed by atoms with Crippen LogP contribution in [-0.4, -0.2) is 29.8 Å². The molecule has 0 saturated carbocycles. The molecule has 3 N–H and O–H groups in total. The van der Waals surface area contributed by atoms with Gasteiger partial charge in [-0.15, -0.1) is 12.4 Å². The van der Waals surface area contributed by atoms with Crippen molar-refractivity contribution in [2.24, 2.45) is 11.1 Å². The molecule has 0 aliphatic carbocycles. The van der Waals surface area contributed by atoms with Crippen molar-refractivity contribution in [2.45, 2.75) is 31.5 Å². The highest BCUT2D eigenvalue weighted by atomic mass is 35.5. The van der Waals surface area contributed by atoms with Crippen molar-refractivity contribution in [1.29, 1.82) is 0 Å². The van der Waals surface area contributed by atoms with E-state index < -0.39 is 11.4 Å². The standard InChI is InChI=1S/C8H13NO3.ClH/c9-4-8(7(10)11)3-5-1-2-6(8)12-5;/h5-6H,1-4,9H2,(H,10,11);1H/t5-,6+,8-;/m1./s1. The smallest absolute Gasteiger partial charge is 0.313 e. The zero-order valence-electron chi connectivity index (χ0n) is 7.23. The Morgan fingerprint density at radius 2 is 2.31 bits per heavy atom. The third kappa shape index (κ3) is 1.33. The molecular weight excluding hydrogens is 194 g/mol. The molecule has 0 aromatic carbocycles. The number of carboxylic acid groups (broad SMARTS) is 1. The molecule has 2 rings (SSSR count). The summed E-state index contributed by atoms with van der Waals surface area (Å²) in [4.78, 5) is 11.0. The molecule has 2 saturated heterocycles. The Morgan fingerprint density at radius 1 is 1.62 bits per heavy atom. The summed E-state index contributed by atoms with van der Waals surface area (Å²) in [7, 11) is 0. The van der Waals surface area contributed by atoms with E-state index in [1.165, 1.54) is 0 Å². The van der Waals surface area contributed by atoms with Crippen molar-refractivity contribution in [2.75, 3.05) is 6.54 Å². The molecule has 2 bridgehead atoms. The van der Waals surface area contributed by atoms with Crippen LogP contribution in [0.5, 0.6) is 0 Å². The minimum absolute atomic E-state index is 0. The third-order valence-corrected chi connectivity index (χ3v) is 3.11. The summed E-state index contributed by atoms with van der Waals surface area (Å²) >= 11 is 0. The van der Waals surface area contributed by atoms with Crippen LogP contribution in [0.2, 0.25) is 0 Å². The van der Waals surface area contributed by atoms with Crippen LogP contribution < -0.4 is 5.73 Å². The molecule has 0 spiro atoms. The zero-order chi connectivity index (χ0) is 8.77. The van der Waals surface area contributed by atoms with Gasteiger partial charge in [0.25, 0.3) is 0 Å². The van der Waals surface area contributed by atoms with Crippen LogP contribution in [0.3, 0.4) is 0 Å². The Bertz CT molecular complexity index is 223. The number of rotatable bonds is 2. The number of carbonyl (C=O) groups is 1. The van der Waals surface area contributed by atoms with E-state index in [-0.39, 0.29) is 31.2 Å². The van der Waals surface area contributed by atoms with Gasteiger partial charge in [-0.3, -0.25) is 4.79 Å². The van der Waals surface area contributed by atoms with Gasteiger partial charge in [0.1, 0.15) is 5.41 Å². The van der Waals surface area contributed by atoms with Crippen LogP contribution in [0.4, 0.5) is 0 Å². The molecular formula is C8H14ClNO3. The molecule has 0 amide bonds. The summed E-state index contributed by atoms with van der Waals surface area (Å²) in [6.07, 6.45) is 2.47. The molecule has 2 fully saturated rings. The number of halogens is 1. The van der Waals surface area contributed by atoms with Crippen molar-refractivity contribution >= 4 is 18.4 Å². The molecule has 0 unspecified atom stereocenters. The second kappa shape index (κ2) is 3.44. The summed E-state index contributed by atoms with van der Waals surface area (Å²) in [6.45, 7) is 0.198. The van der Waals surface area contributed by atoms with Gasteiger partial charge >= 0.3 is 5.97 Å². The second-order valence-electron chi connectivity index (χ2n) is 3.69. The lowest BCUT2D eigenvalue weighted by Crippen LogP contribution is -2.46. The van der Waals surface area contributed by atoms with Crippen molar-refractivity contribution in [3.63, 3.8) is 0 Å². The van der Waals surface area contributed by atoms with Gasteiger partial charge in [-0.05, 0) is 19.3 Å². The van der Waals surface area contributed by atoms with Crippen LogP contribution >= 0.6 is 12.4 Å². The van der Waals surface area contributed by atoms with E-state index in [0.29, 0.717) is 6.42 Å². The maximum absolute atomic E-state index is 11.0. The number of hydrogen-bond acceptors (Lipinski definition) is 3. The molecule has 0 aromatic heterocycles. The lowest BCUT2D eigenvalue weighted by atomic mass is 9.74. The Morgan fingerprint density at radius 3 is 2.54 bits per heavy atom. The average Bonchev–Trinajstić information content (AvgIpc) is 2.62. The van der Waals surface area contributed by atoms with Gasteiger partial charge in [-0.1, -0.05) is 0 Å². The van der Waals surface area contributed by atoms with Gasteiger partial charge in [0.2, 0.25) is 0 Å². The fourth-order valence-corrected chi connectivity index (χ4v) is 2.33. The fraction of sp³-hybridized carbons (Fsp3) is 0.875. The van der Waals surface area contributed by atoms with Crippen molar-refractivity contribution in [3.8, 4) is 0 Å². The minimum Gasteiger partial charge on any atom is -0.481 e. The first-order chi connectivity index (χ1) is 5.69. The highest BCUT2D eigenvalue weighted by Gasteiger charge is 2.56. The predicted octanol–water partition coefficient (Wildman–Crippen LogP) is 0.389. The van der Waals surface area contributed by atoms with Crippen LogP contribution in [0.15, 0.2) is 0 Å². The summed E-state index contributed by atoms with van der Waals surface area (Å²) < 4.78 is 5.48. The normalized spacial score (nSPS) is 41.6. The molecule has 0 radical (unpaired) electrons. The fourth-order valence-electron chi connectivity index (χ4n) is 2.33. The number of hydrogen-bond donors (Lipinski definition) is 2. The molecule has 0 aromatic rings. The Hall–Kier alpha value is -0.320. The van der Waals surface area contributed by atoms with E-state index >= 15 is 0 Å². The van der Waals surface area contributed by atoms with Crippen molar-refractivity contribution in [1.82, 2.24) is 0 Å². The molecule has 5 heteroatoms. The van der Waals surface area contributed by atoms with E-state index in [4.69, 9.17) is 15.6 Å². The summed E-state index contributed by atoms with van der Waals surface area (Å²) in [6, 6.07) is 0. The number of aliphatic carboxylic acids is 1. The van der Waals surface area contributed by atoms with E-state index in [2.05, 4.69) is 0 Å². The van der Waals surface area contributed by atoms with Gasteiger partial charge in [-0.2, -0.15) is 0 Å². The van der Waals surface area contributed by atoms with Crippen LogP contribution in [-0.2, 0) is 9.53 Å². The lowest BCUT2D eigenvalue weighted by molar-refractivity contribution is -0.151. The van der Waals surface area contributed by atoms with E-state index in [1.54, 1.807) is 0 Å². The van der Waals surface area contributed by atoms with Crippen LogP contribution in [0.25, 0.3) is 0 Å².